The Balaban J connectivity index is 2.08. The molecule has 0 aliphatic carbocycles. The molecule has 0 radical (unpaired) electrons. The summed E-state index contributed by atoms with van der Waals surface area (Å²) in [6, 6.07) is 0. The van der Waals surface area contributed by atoms with Crippen molar-refractivity contribution in [3.05, 3.63) is 0 Å². The number of esters is 1. The molecule has 0 aromatic heterocycles. The van der Waals surface area contributed by atoms with Gasteiger partial charge in [-0.2, -0.15) is 0 Å². The van der Waals surface area contributed by atoms with Gasteiger partial charge in [-0.1, -0.05) is 61.6 Å². The molecule has 0 N–H and O–H groups in total. The number of alkyl halides is 1. The Labute approximate surface area is 106 Å². The van der Waals surface area contributed by atoms with Crippen LogP contribution in [0, 0.1) is 5.92 Å². The average molecular weight is 324 g/mol. The number of carbonyl (C=O) groups is 1. The van der Waals surface area contributed by atoms with Crippen molar-refractivity contribution in [2.45, 2.75) is 58.0 Å². The highest BCUT2D eigenvalue weighted by Crippen LogP contribution is 2.27. The number of unbranched alkanes of at least 4 members (excludes halogenated alkanes) is 4. The van der Waals surface area contributed by atoms with E-state index in [9.17, 15) is 4.79 Å². The predicted molar refractivity (Wildman–Crippen MR) is 70.3 cm³/mol. The average Bonchev–Trinajstić information content (AvgIpc) is 2.59. The lowest BCUT2D eigenvalue weighted by molar-refractivity contribution is -0.143. The van der Waals surface area contributed by atoms with Crippen LogP contribution in [-0.2, 0) is 9.53 Å². The van der Waals surface area contributed by atoms with E-state index in [1.165, 1.54) is 32.1 Å². The van der Waals surface area contributed by atoms with Crippen LogP contribution in [0.5, 0.6) is 0 Å². The third-order valence-electron chi connectivity index (χ3n) is 2.99. The third kappa shape index (κ3) is 4.70. The molecule has 2 atom stereocenters. The minimum absolute atomic E-state index is 0.0483. The van der Waals surface area contributed by atoms with Gasteiger partial charge in [0.15, 0.2) is 0 Å². The lowest BCUT2D eigenvalue weighted by atomic mass is 9.97. The Kier molecular flexibility index (Phi) is 6.61. The first-order valence-corrected chi connectivity index (χ1v) is 7.57. The van der Waals surface area contributed by atoms with Gasteiger partial charge in [0.25, 0.3) is 0 Å². The van der Waals surface area contributed by atoms with Crippen molar-refractivity contribution in [2.75, 3.05) is 4.43 Å². The van der Waals surface area contributed by atoms with E-state index >= 15 is 0 Å². The van der Waals surface area contributed by atoms with Crippen LogP contribution in [0.2, 0.25) is 0 Å². The lowest BCUT2D eigenvalue weighted by Gasteiger charge is -2.04. The van der Waals surface area contributed by atoms with Crippen LogP contribution >= 0.6 is 22.6 Å². The van der Waals surface area contributed by atoms with Crippen molar-refractivity contribution in [1.82, 2.24) is 0 Å². The van der Waals surface area contributed by atoms with Crippen molar-refractivity contribution in [2.24, 2.45) is 5.92 Å². The largest absolute Gasteiger partial charge is 0.461 e. The molecule has 0 aromatic rings. The number of hydrogen-bond acceptors (Lipinski definition) is 2. The maximum Gasteiger partial charge on any atom is 0.309 e. The number of halogens is 1. The van der Waals surface area contributed by atoms with Crippen molar-refractivity contribution in [1.29, 1.82) is 0 Å². The Morgan fingerprint density at radius 3 is 2.67 bits per heavy atom. The second-order valence-corrected chi connectivity index (χ2v) is 5.23. The highest BCUT2D eigenvalue weighted by Gasteiger charge is 2.32. The first kappa shape index (κ1) is 13.3. The summed E-state index contributed by atoms with van der Waals surface area (Å²) >= 11 is 2.29. The fourth-order valence-electron chi connectivity index (χ4n) is 2.05. The minimum Gasteiger partial charge on any atom is -0.461 e. The monoisotopic (exact) mass is 324 g/mol. The standard InChI is InChI=1S/C12H21IO2/c1-2-3-4-5-6-7-10-8-11(9-13)15-12(10)14/h10-11H,2-9H2,1H3/t10-,11+/m1/s1. The van der Waals surface area contributed by atoms with Gasteiger partial charge in [0.1, 0.15) is 6.10 Å². The molecule has 3 heteroatoms. The van der Waals surface area contributed by atoms with Gasteiger partial charge >= 0.3 is 5.97 Å². The summed E-state index contributed by atoms with van der Waals surface area (Å²) in [6.45, 7) is 2.22. The molecule has 1 fully saturated rings. The summed E-state index contributed by atoms with van der Waals surface area (Å²) in [5.41, 5.74) is 0. The maximum atomic E-state index is 11.4. The third-order valence-corrected chi connectivity index (χ3v) is 3.97. The first-order chi connectivity index (χ1) is 7.27. The zero-order valence-corrected chi connectivity index (χ0v) is 11.7. The van der Waals surface area contributed by atoms with Crippen LogP contribution in [0.3, 0.4) is 0 Å². The van der Waals surface area contributed by atoms with Gasteiger partial charge < -0.3 is 4.74 Å². The van der Waals surface area contributed by atoms with Gasteiger partial charge in [0, 0.05) is 4.43 Å². The zero-order chi connectivity index (χ0) is 11.1. The predicted octanol–water partition coefficient (Wildman–Crippen LogP) is 3.71. The molecule has 0 bridgehead atoms. The van der Waals surface area contributed by atoms with Crippen LogP contribution in [-0.4, -0.2) is 16.5 Å². The van der Waals surface area contributed by atoms with E-state index < -0.39 is 0 Å². The number of ether oxygens (including phenoxy) is 1. The molecule has 0 spiro atoms. The molecule has 2 nitrogen and oxygen atoms in total. The van der Waals surface area contributed by atoms with E-state index in [2.05, 4.69) is 29.5 Å². The fraction of sp³-hybridized carbons (Fsp3) is 0.917. The molecule has 0 unspecified atom stereocenters. The van der Waals surface area contributed by atoms with Crippen LogP contribution in [0.4, 0.5) is 0 Å². The highest BCUT2D eigenvalue weighted by molar-refractivity contribution is 14.1. The summed E-state index contributed by atoms with van der Waals surface area (Å²) < 4.78 is 6.20. The molecule has 1 aliphatic rings. The van der Waals surface area contributed by atoms with Crippen LogP contribution in [0.15, 0.2) is 0 Å². The van der Waals surface area contributed by atoms with Gasteiger partial charge in [0.2, 0.25) is 0 Å². The van der Waals surface area contributed by atoms with Gasteiger partial charge in [-0.25, -0.2) is 0 Å². The normalized spacial score (nSPS) is 25.6. The highest BCUT2D eigenvalue weighted by atomic mass is 127. The Bertz CT molecular complexity index is 194. The number of cyclic esters (lactones) is 1. The fourth-order valence-corrected chi connectivity index (χ4v) is 2.59. The maximum absolute atomic E-state index is 11.4. The van der Waals surface area contributed by atoms with Crippen molar-refractivity contribution in [3.63, 3.8) is 0 Å². The SMILES string of the molecule is CCCCCCC[C@@H]1C[C@@H](CI)OC1=O. The van der Waals surface area contributed by atoms with Crippen molar-refractivity contribution >= 4 is 28.6 Å². The quantitative estimate of drug-likeness (QED) is 0.309. The molecule has 88 valence electrons. The molecule has 1 saturated heterocycles. The molecule has 1 rings (SSSR count). The smallest absolute Gasteiger partial charge is 0.309 e. The molecule has 0 amide bonds. The number of hydrogen-bond donors (Lipinski definition) is 0. The summed E-state index contributed by atoms with van der Waals surface area (Å²) in [7, 11) is 0. The Hall–Kier alpha value is 0.200. The molecular weight excluding hydrogens is 303 g/mol. The van der Waals surface area contributed by atoms with Crippen LogP contribution < -0.4 is 0 Å². The van der Waals surface area contributed by atoms with E-state index in [1.807, 2.05) is 0 Å². The Morgan fingerprint density at radius 1 is 1.33 bits per heavy atom. The van der Waals surface area contributed by atoms with E-state index in [4.69, 9.17) is 4.74 Å². The van der Waals surface area contributed by atoms with Crippen LogP contribution in [0.1, 0.15) is 51.9 Å². The molecule has 0 aromatic carbocycles. The van der Waals surface area contributed by atoms with Gasteiger partial charge in [-0.05, 0) is 12.8 Å². The zero-order valence-electron chi connectivity index (χ0n) is 9.51. The molecule has 15 heavy (non-hydrogen) atoms. The van der Waals surface area contributed by atoms with Gasteiger partial charge in [-0.15, -0.1) is 0 Å². The second kappa shape index (κ2) is 7.47. The number of carbonyl (C=O) groups excluding carboxylic acids is 1. The molecule has 0 saturated carbocycles. The van der Waals surface area contributed by atoms with E-state index in [0.29, 0.717) is 0 Å². The topological polar surface area (TPSA) is 26.3 Å². The molecule has 1 aliphatic heterocycles. The number of rotatable bonds is 7. The summed E-state index contributed by atoms with van der Waals surface area (Å²) in [5.74, 6) is 0.249. The van der Waals surface area contributed by atoms with Crippen molar-refractivity contribution in [3.8, 4) is 0 Å². The first-order valence-electron chi connectivity index (χ1n) is 6.04. The van der Waals surface area contributed by atoms with Crippen molar-refractivity contribution < 1.29 is 9.53 Å². The van der Waals surface area contributed by atoms with Gasteiger partial charge in [0.05, 0.1) is 5.92 Å². The molecular formula is C12H21IO2. The summed E-state index contributed by atoms with van der Waals surface area (Å²) in [4.78, 5) is 11.4. The van der Waals surface area contributed by atoms with E-state index in [-0.39, 0.29) is 18.0 Å². The van der Waals surface area contributed by atoms with E-state index in [0.717, 1.165) is 17.3 Å². The lowest BCUT2D eigenvalue weighted by Crippen LogP contribution is -2.07. The van der Waals surface area contributed by atoms with Gasteiger partial charge in [-0.3, -0.25) is 4.79 Å². The van der Waals surface area contributed by atoms with Crippen LogP contribution in [0.25, 0.3) is 0 Å². The van der Waals surface area contributed by atoms with E-state index in [1.54, 1.807) is 0 Å². The Morgan fingerprint density at radius 2 is 2.07 bits per heavy atom. The molecule has 1 heterocycles. The summed E-state index contributed by atoms with van der Waals surface area (Å²) in [5, 5.41) is 0. The minimum atomic E-state index is 0.0483. The second-order valence-electron chi connectivity index (χ2n) is 4.35. The summed E-state index contributed by atoms with van der Waals surface area (Å²) in [6.07, 6.45) is 8.56.